The molecule has 1 heterocycles. The van der Waals surface area contributed by atoms with E-state index in [4.69, 9.17) is 0 Å². The molecule has 0 unspecified atom stereocenters. The lowest BCUT2D eigenvalue weighted by Gasteiger charge is -2.22. The SMILES string of the molecule is C=CCN1C(=O)[C@@](O)(CC(=O)c2ccc3c4c(cccc24)CC3)c2ccccc21. The van der Waals surface area contributed by atoms with Crippen LogP contribution in [0, 0.1) is 0 Å². The maximum absolute atomic E-state index is 13.3. The molecule has 29 heavy (non-hydrogen) atoms. The van der Waals surface area contributed by atoms with Crippen molar-refractivity contribution >= 4 is 28.2 Å². The molecule has 1 aliphatic carbocycles. The van der Waals surface area contributed by atoms with Crippen LogP contribution in [0.25, 0.3) is 10.8 Å². The van der Waals surface area contributed by atoms with Crippen LogP contribution >= 0.6 is 0 Å². The van der Waals surface area contributed by atoms with Crippen LogP contribution in [-0.2, 0) is 23.2 Å². The molecule has 0 spiro atoms. The van der Waals surface area contributed by atoms with Crippen molar-refractivity contribution in [3.63, 3.8) is 0 Å². The lowest BCUT2D eigenvalue weighted by atomic mass is 9.86. The maximum atomic E-state index is 13.3. The van der Waals surface area contributed by atoms with Gasteiger partial charge in [-0.05, 0) is 40.8 Å². The van der Waals surface area contributed by atoms with Gasteiger partial charge >= 0.3 is 0 Å². The molecule has 2 aliphatic rings. The fraction of sp³-hybridized carbons (Fsp3) is 0.200. The highest BCUT2D eigenvalue weighted by Crippen LogP contribution is 2.43. The van der Waals surface area contributed by atoms with Gasteiger partial charge in [0.05, 0.1) is 12.1 Å². The fourth-order valence-electron chi connectivity index (χ4n) is 4.81. The average molecular weight is 383 g/mol. The van der Waals surface area contributed by atoms with Gasteiger partial charge in [0.2, 0.25) is 0 Å². The molecule has 0 fully saturated rings. The monoisotopic (exact) mass is 383 g/mol. The van der Waals surface area contributed by atoms with Gasteiger partial charge in [0.25, 0.3) is 5.91 Å². The Morgan fingerprint density at radius 3 is 2.62 bits per heavy atom. The topological polar surface area (TPSA) is 57.6 Å². The molecule has 0 saturated carbocycles. The number of rotatable bonds is 5. The first-order valence-corrected chi connectivity index (χ1v) is 9.86. The Morgan fingerprint density at radius 1 is 1.07 bits per heavy atom. The van der Waals surface area contributed by atoms with Gasteiger partial charge in [-0.2, -0.15) is 0 Å². The second-order valence-electron chi connectivity index (χ2n) is 7.79. The summed E-state index contributed by atoms with van der Waals surface area (Å²) in [6.45, 7) is 3.99. The third-order valence-electron chi connectivity index (χ3n) is 6.14. The van der Waals surface area contributed by atoms with Crippen LogP contribution in [0.2, 0.25) is 0 Å². The van der Waals surface area contributed by atoms with E-state index in [0.717, 1.165) is 23.6 Å². The molecule has 3 aromatic carbocycles. The molecule has 4 heteroatoms. The number of hydrogen-bond donors (Lipinski definition) is 1. The second-order valence-corrected chi connectivity index (χ2v) is 7.79. The zero-order chi connectivity index (χ0) is 20.2. The van der Waals surface area contributed by atoms with E-state index in [9.17, 15) is 14.7 Å². The van der Waals surface area contributed by atoms with Gasteiger partial charge in [0.15, 0.2) is 11.4 Å². The van der Waals surface area contributed by atoms with Crippen LogP contribution < -0.4 is 4.90 Å². The molecular weight excluding hydrogens is 362 g/mol. The van der Waals surface area contributed by atoms with Crippen molar-refractivity contribution in [2.75, 3.05) is 11.4 Å². The first-order chi connectivity index (χ1) is 14.0. The number of ketones is 1. The first kappa shape index (κ1) is 17.8. The van der Waals surface area contributed by atoms with E-state index in [2.05, 4.69) is 12.6 Å². The number of fused-ring (bicyclic) bond motifs is 1. The number of aliphatic hydroxyl groups is 1. The van der Waals surface area contributed by atoms with Gasteiger partial charge in [-0.3, -0.25) is 9.59 Å². The Kier molecular flexibility index (Phi) is 3.93. The van der Waals surface area contributed by atoms with Gasteiger partial charge in [-0.15, -0.1) is 6.58 Å². The average Bonchev–Trinajstić information content (AvgIpc) is 3.24. The summed E-state index contributed by atoms with van der Waals surface area (Å²) in [6.07, 6.45) is 3.30. The van der Waals surface area contributed by atoms with Crippen LogP contribution in [0.15, 0.2) is 67.3 Å². The summed E-state index contributed by atoms with van der Waals surface area (Å²) in [6, 6.07) is 17.0. The van der Waals surface area contributed by atoms with Crippen LogP contribution in [0.4, 0.5) is 5.69 Å². The number of hydrogen-bond acceptors (Lipinski definition) is 3. The predicted octanol–water partition coefficient (Wildman–Crippen LogP) is 3.93. The summed E-state index contributed by atoms with van der Waals surface area (Å²) in [5.41, 5.74) is 2.32. The summed E-state index contributed by atoms with van der Waals surface area (Å²) in [5, 5.41) is 13.4. The maximum Gasteiger partial charge on any atom is 0.264 e. The Morgan fingerprint density at radius 2 is 1.83 bits per heavy atom. The predicted molar refractivity (Wildman–Crippen MR) is 113 cm³/mol. The number of benzene rings is 3. The number of nitrogens with zero attached hydrogens (tertiary/aromatic N) is 1. The van der Waals surface area contributed by atoms with Crippen molar-refractivity contribution in [2.45, 2.75) is 24.9 Å². The number of carbonyl (C=O) groups excluding carboxylic acids is 2. The second kappa shape index (κ2) is 6.39. The minimum atomic E-state index is -1.86. The van der Waals surface area contributed by atoms with E-state index < -0.39 is 11.5 Å². The highest BCUT2D eigenvalue weighted by atomic mass is 16.3. The van der Waals surface area contributed by atoms with Crippen LogP contribution in [0.5, 0.6) is 0 Å². The molecule has 144 valence electrons. The molecule has 1 aliphatic heterocycles. The van der Waals surface area contributed by atoms with Gasteiger partial charge in [0, 0.05) is 17.7 Å². The first-order valence-electron chi connectivity index (χ1n) is 9.86. The smallest absolute Gasteiger partial charge is 0.264 e. The minimum Gasteiger partial charge on any atom is -0.375 e. The number of carbonyl (C=O) groups is 2. The summed E-state index contributed by atoms with van der Waals surface area (Å²) in [7, 11) is 0. The van der Waals surface area contributed by atoms with Crippen molar-refractivity contribution in [2.24, 2.45) is 0 Å². The van der Waals surface area contributed by atoms with E-state index in [1.165, 1.54) is 16.0 Å². The molecule has 0 aromatic heterocycles. The normalized spacial score (nSPS) is 19.6. The van der Waals surface area contributed by atoms with E-state index in [1.54, 1.807) is 24.3 Å². The summed E-state index contributed by atoms with van der Waals surface area (Å²) in [4.78, 5) is 27.9. The highest BCUT2D eigenvalue weighted by molar-refractivity contribution is 6.14. The van der Waals surface area contributed by atoms with E-state index >= 15 is 0 Å². The third-order valence-corrected chi connectivity index (χ3v) is 6.14. The fourth-order valence-corrected chi connectivity index (χ4v) is 4.81. The highest BCUT2D eigenvalue weighted by Gasteiger charge is 2.50. The lowest BCUT2D eigenvalue weighted by molar-refractivity contribution is -0.135. The third kappa shape index (κ3) is 2.49. The standard InChI is InChI=1S/C25H21NO3/c1-2-14-26-21-9-4-3-8-20(21)25(29,24(26)28)15-22(27)18-13-12-17-11-10-16-6-5-7-19(18)23(16)17/h2-9,12-13,29H,1,10-11,14-15H2/t25-/m1/s1. The largest absolute Gasteiger partial charge is 0.375 e. The number of aryl methyl sites for hydroxylation is 2. The Labute approximate surface area is 169 Å². The van der Waals surface area contributed by atoms with E-state index in [0.29, 0.717) is 16.8 Å². The number of amides is 1. The Bertz CT molecular complexity index is 1190. The Balaban J connectivity index is 1.57. The molecule has 1 N–H and O–H groups in total. The quantitative estimate of drug-likeness (QED) is 0.536. The number of anilines is 1. The molecule has 0 saturated heterocycles. The van der Waals surface area contributed by atoms with Gasteiger partial charge in [-0.25, -0.2) is 0 Å². The van der Waals surface area contributed by atoms with E-state index in [-0.39, 0.29) is 18.7 Å². The molecule has 3 aromatic rings. The molecule has 0 bridgehead atoms. The summed E-state index contributed by atoms with van der Waals surface area (Å²) in [5.74, 6) is -0.704. The van der Waals surface area contributed by atoms with Gasteiger partial charge in [0.1, 0.15) is 0 Å². The molecule has 4 nitrogen and oxygen atoms in total. The zero-order valence-corrected chi connectivity index (χ0v) is 16.0. The van der Waals surface area contributed by atoms with Gasteiger partial charge < -0.3 is 10.0 Å². The molecular formula is C25H21NO3. The molecule has 0 radical (unpaired) electrons. The minimum absolute atomic E-state index is 0.230. The van der Waals surface area contributed by atoms with Crippen molar-refractivity contribution in [3.8, 4) is 0 Å². The number of Topliss-reactive ketones (excluding diaryl/α,β-unsaturated/α-hetero) is 1. The molecule has 5 rings (SSSR count). The van der Waals surface area contributed by atoms with Crippen molar-refractivity contribution < 1.29 is 14.7 Å². The van der Waals surface area contributed by atoms with Crippen LogP contribution in [0.1, 0.15) is 33.5 Å². The van der Waals surface area contributed by atoms with Crippen LogP contribution in [-0.4, -0.2) is 23.3 Å². The lowest BCUT2D eigenvalue weighted by Crippen LogP contribution is -2.41. The molecule has 1 atom stereocenters. The van der Waals surface area contributed by atoms with Crippen molar-refractivity contribution in [3.05, 3.63) is 89.5 Å². The summed E-state index contributed by atoms with van der Waals surface area (Å²) < 4.78 is 0. The van der Waals surface area contributed by atoms with Crippen LogP contribution in [0.3, 0.4) is 0 Å². The van der Waals surface area contributed by atoms with E-state index in [1.807, 2.05) is 30.3 Å². The number of para-hydroxylation sites is 1. The zero-order valence-electron chi connectivity index (χ0n) is 16.0. The van der Waals surface area contributed by atoms with Gasteiger partial charge in [-0.1, -0.05) is 54.6 Å². The van der Waals surface area contributed by atoms with Crippen molar-refractivity contribution in [1.29, 1.82) is 0 Å². The Hall–Kier alpha value is -3.24. The summed E-state index contributed by atoms with van der Waals surface area (Å²) >= 11 is 0. The molecule has 1 amide bonds. The van der Waals surface area contributed by atoms with Crippen molar-refractivity contribution in [1.82, 2.24) is 0 Å².